The van der Waals surface area contributed by atoms with Crippen LogP contribution in [0.3, 0.4) is 0 Å². The van der Waals surface area contributed by atoms with Crippen LogP contribution in [0.4, 0.5) is 0 Å². The smallest absolute Gasteiger partial charge is 0.255 e. The van der Waals surface area contributed by atoms with Gasteiger partial charge in [0.1, 0.15) is 11.5 Å². The van der Waals surface area contributed by atoms with Crippen LogP contribution in [-0.2, 0) is 5.75 Å². The summed E-state index contributed by atoms with van der Waals surface area (Å²) in [5.41, 5.74) is 0.226. The molecule has 0 bridgehead atoms. The molecule has 3 N–H and O–H groups in total. The molecule has 4 rings (SSSR count). The van der Waals surface area contributed by atoms with Crippen LogP contribution in [0.2, 0.25) is 0 Å². The van der Waals surface area contributed by atoms with Crippen molar-refractivity contribution in [2.45, 2.75) is 18.1 Å². The molecule has 0 radical (unpaired) electrons. The Morgan fingerprint density at radius 3 is 2.69 bits per heavy atom. The number of thiophene rings is 1. The Hall–Kier alpha value is -2.26. The topological polar surface area (TPSA) is 76.0 Å². The Kier molecular flexibility index (Phi) is 7.57. The lowest BCUT2D eigenvalue weighted by Crippen LogP contribution is -2.50. The van der Waals surface area contributed by atoms with Gasteiger partial charge in [0, 0.05) is 55.3 Å². The average Bonchev–Trinajstić information content (AvgIpc) is 3.32. The van der Waals surface area contributed by atoms with Gasteiger partial charge < -0.3 is 15.5 Å². The van der Waals surface area contributed by atoms with Crippen molar-refractivity contribution in [1.82, 2.24) is 15.1 Å². The number of hydrogen-bond acceptors (Lipinski definition) is 7. The molecule has 0 spiro atoms. The summed E-state index contributed by atoms with van der Waals surface area (Å²) in [5.74, 6) is 0.721. The first-order valence-electron chi connectivity index (χ1n) is 10.8. The summed E-state index contributed by atoms with van der Waals surface area (Å²) in [7, 11) is 0. The van der Waals surface area contributed by atoms with Gasteiger partial charge in [0.15, 0.2) is 0 Å². The van der Waals surface area contributed by atoms with Crippen molar-refractivity contribution in [2.75, 3.05) is 39.3 Å². The number of carbonyl (C=O) groups is 1. The monoisotopic (exact) mass is 471 g/mol. The molecule has 1 aliphatic heterocycles. The third-order valence-corrected chi connectivity index (χ3v) is 8.22. The quantitative estimate of drug-likeness (QED) is 0.462. The molecule has 0 aliphatic carbocycles. The number of amides is 1. The van der Waals surface area contributed by atoms with Gasteiger partial charge in [0.05, 0.1) is 10.9 Å². The Labute approximate surface area is 196 Å². The first kappa shape index (κ1) is 22.9. The van der Waals surface area contributed by atoms with Gasteiger partial charge in [0.2, 0.25) is 0 Å². The van der Waals surface area contributed by atoms with Gasteiger partial charge in [-0.15, -0.1) is 23.1 Å². The van der Waals surface area contributed by atoms with Crippen LogP contribution < -0.4 is 5.32 Å². The molecule has 1 aliphatic rings. The van der Waals surface area contributed by atoms with Gasteiger partial charge in [-0.2, -0.15) is 0 Å². The fraction of sp³-hybridized carbons (Fsp3) is 0.375. The van der Waals surface area contributed by atoms with Crippen LogP contribution >= 0.6 is 23.1 Å². The maximum atomic E-state index is 12.6. The molecule has 1 fully saturated rings. The third-order valence-electron chi connectivity index (χ3n) is 5.90. The Bertz CT molecular complexity index is 1050. The maximum Gasteiger partial charge on any atom is 0.255 e. The Morgan fingerprint density at radius 1 is 1.12 bits per heavy atom. The minimum atomic E-state index is -0.301. The lowest BCUT2D eigenvalue weighted by atomic mass is 10.0. The predicted octanol–water partition coefficient (Wildman–Crippen LogP) is 3.94. The number of piperazine rings is 1. The largest absolute Gasteiger partial charge is 0.507 e. The van der Waals surface area contributed by atoms with Crippen LogP contribution in [0.1, 0.15) is 22.2 Å². The SMILES string of the molecule is CC(SCc1cccs1)N1CCN(CCNC(=O)c2cc3cccc(O)c3cc2O)CC1. The van der Waals surface area contributed by atoms with Gasteiger partial charge in [-0.25, -0.2) is 0 Å². The van der Waals surface area contributed by atoms with Crippen molar-refractivity contribution in [3.05, 3.63) is 58.3 Å². The zero-order chi connectivity index (χ0) is 22.5. The molecule has 2 heterocycles. The molecule has 2 aromatic carbocycles. The summed E-state index contributed by atoms with van der Waals surface area (Å²) in [6.07, 6.45) is 0. The first-order valence-corrected chi connectivity index (χ1v) is 12.8. The minimum absolute atomic E-state index is 0.0862. The first-order chi connectivity index (χ1) is 15.5. The summed E-state index contributed by atoms with van der Waals surface area (Å²) in [4.78, 5) is 18.9. The van der Waals surface area contributed by atoms with Crippen molar-refractivity contribution in [1.29, 1.82) is 0 Å². The fourth-order valence-corrected chi connectivity index (χ4v) is 5.84. The molecular weight excluding hydrogens is 442 g/mol. The molecule has 1 atom stereocenters. The van der Waals surface area contributed by atoms with Crippen LogP contribution in [0.15, 0.2) is 47.8 Å². The summed E-state index contributed by atoms with van der Waals surface area (Å²) in [6.45, 7) is 7.62. The van der Waals surface area contributed by atoms with E-state index in [4.69, 9.17) is 0 Å². The number of aromatic hydroxyl groups is 2. The van der Waals surface area contributed by atoms with E-state index in [0.29, 0.717) is 17.3 Å². The van der Waals surface area contributed by atoms with E-state index < -0.39 is 0 Å². The van der Waals surface area contributed by atoms with E-state index in [2.05, 4.69) is 39.6 Å². The highest BCUT2D eigenvalue weighted by Crippen LogP contribution is 2.30. The standard InChI is InChI=1S/C24H29N3O3S2/c1-17(32-16-19-5-3-13-31-19)27-11-9-26(10-12-27)8-7-25-24(30)21-14-18-4-2-6-22(28)20(18)15-23(21)29/h2-6,13-15,17,28-29H,7-12,16H2,1H3,(H,25,30). The predicted molar refractivity (Wildman–Crippen MR) is 133 cm³/mol. The highest BCUT2D eigenvalue weighted by molar-refractivity contribution is 7.99. The van der Waals surface area contributed by atoms with Gasteiger partial charge in [0.25, 0.3) is 5.91 Å². The van der Waals surface area contributed by atoms with Crippen molar-refractivity contribution in [3.8, 4) is 11.5 Å². The second-order valence-corrected chi connectivity index (χ2v) is 10.3. The number of fused-ring (bicyclic) bond motifs is 1. The van der Waals surface area contributed by atoms with Crippen molar-refractivity contribution in [3.63, 3.8) is 0 Å². The van der Waals surface area contributed by atoms with Crippen molar-refractivity contribution >= 4 is 39.8 Å². The number of rotatable bonds is 8. The van der Waals surface area contributed by atoms with Gasteiger partial charge in [-0.3, -0.25) is 14.6 Å². The number of nitrogens with zero attached hydrogens (tertiary/aromatic N) is 2. The van der Waals surface area contributed by atoms with Gasteiger partial charge in [-0.05, 0) is 42.0 Å². The van der Waals surface area contributed by atoms with Crippen molar-refractivity contribution in [2.24, 2.45) is 0 Å². The summed E-state index contributed by atoms with van der Waals surface area (Å²) >= 11 is 3.80. The molecule has 1 amide bonds. The second-order valence-electron chi connectivity index (χ2n) is 7.99. The van der Waals surface area contributed by atoms with Gasteiger partial charge >= 0.3 is 0 Å². The van der Waals surface area contributed by atoms with Crippen LogP contribution in [0, 0.1) is 0 Å². The number of benzene rings is 2. The highest BCUT2D eigenvalue weighted by atomic mass is 32.2. The van der Waals surface area contributed by atoms with Crippen LogP contribution in [-0.4, -0.2) is 70.6 Å². The maximum absolute atomic E-state index is 12.6. The molecule has 1 aromatic heterocycles. The number of carbonyl (C=O) groups excluding carboxylic acids is 1. The molecule has 8 heteroatoms. The molecular formula is C24H29N3O3S2. The van der Waals surface area contributed by atoms with E-state index in [1.165, 1.54) is 10.9 Å². The van der Waals surface area contributed by atoms with E-state index in [9.17, 15) is 15.0 Å². The number of nitrogens with one attached hydrogen (secondary N) is 1. The summed E-state index contributed by atoms with van der Waals surface area (Å²) in [5, 5.41) is 27.0. The number of hydrogen-bond donors (Lipinski definition) is 3. The zero-order valence-electron chi connectivity index (χ0n) is 18.2. The average molecular weight is 472 g/mol. The molecule has 170 valence electrons. The van der Waals surface area contributed by atoms with E-state index >= 15 is 0 Å². The van der Waals surface area contributed by atoms with Crippen LogP contribution in [0.25, 0.3) is 10.8 Å². The van der Waals surface area contributed by atoms with E-state index in [0.717, 1.165) is 43.9 Å². The van der Waals surface area contributed by atoms with E-state index in [1.54, 1.807) is 18.2 Å². The fourth-order valence-electron chi connectivity index (χ4n) is 3.96. The summed E-state index contributed by atoms with van der Waals surface area (Å²) < 4.78 is 0. The lowest BCUT2D eigenvalue weighted by Gasteiger charge is -2.37. The van der Waals surface area contributed by atoms with E-state index in [1.807, 2.05) is 29.2 Å². The highest BCUT2D eigenvalue weighted by Gasteiger charge is 2.21. The van der Waals surface area contributed by atoms with Crippen molar-refractivity contribution < 1.29 is 15.0 Å². The Balaban J connectivity index is 1.21. The normalized spacial score (nSPS) is 16.3. The minimum Gasteiger partial charge on any atom is -0.507 e. The lowest BCUT2D eigenvalue weighted by molar-refractivity contribution is 0.0932. The van der Waals surface area contributed by atoms with E-state index in [-0.39, 0.29) is 23.0 Å². The molecule has 1 unspecified atom stereocenters. The van der Waals surface area contributed by atoms with Crippen LogP contribution in [0.5, 0.6) is 11.5 Å². The zero-order valence-corrected chi connectivity index (χ0v) is 19.8. The third kappa shape index (κ3) is 5.56. The Morgan fingerprint density at radius 2 is 1.94 bits per heavy atom. The summed E-state index contributed by atoms with van der Waals surface area (Å²) in [6, 6.07) is 12.4. The molecule has 6 nitrogen and oxygen atoms in total. The van der Waals surface area contributed by atoms with Gasteiger partial charge in [-0.1, -0.05) is 18.2 Å². The molecule has 32 heavy (non-hydrogen) atoms. The number of phenols is 2. The second kappa shape index (κ2) is 10.6. The number of phenolic OH excluding ortho intramolecular Hbond substituents is 2. The molecule has 0 saturated carbocycles. The molecule has 1 saturated heterocycles. The number of thioether (sulfide) groups is 1. The molecule has 3 aromatic rings.